The second kappa shape index (κ2) is 6.56. The molecule has 6 heteroatoms. The lowest BCUT2D eigenvalue weighted by molar-refractivity contribution is 0.0707. The largest absolute Gasteiger partial charge is 0.450 e. The van der Waals surface area contributed by atoms with Crippen molar-refractivity contribution in [3.8, 4) is 0 Å². The Morgan fingerprint density at radius 3 is 2.79 bits per heavy atom. The molecule has 2 rings (SSSR count). The third-order valence-electron chi connectivity index (χ3n) is 3.11. The van der Waals surface area contributed by atoms with Crippen molar-refractivity contribution >= 4 is 23.3 Å². The van der Waals surface area contributed by atoms with Gasteiger partial charge in [-0.3, -0.25) is 4.79 Å². The number of hydrogen-bond acceptors (Lipinski definition) is 4. The van der Waals surface area contributed by atoms with Gasteiger partial charge in [0.25, 0.3) is 5.91 Å². The highest BCUT2D eigenvalue weighted by atomic mass is 32.1. The Morgan fingerprint density at radius 2 is 2.21 bits per heavy atom. The average Bonchev–Trinajstić information content (AvgIpc) is 2.93. The topological polar surface area (TPSA) is 58.6 Å². The Kier molecular flexibility index (Phi) is 4.79. The summed E-state index contributed by atoms with van der Waals surface area (Å²) in [5.74, 6) is 0.0876. The Labute approximate surface area is 116 Å². The fourth-order valence-electron chi connectivity index (χ4n) is 2.12. The summed E-state index contributed by atoms with van der Waals surface area (Å²) in [5.41, 5.74) is 0. The number of hydrogen-bond donors (Lipinski definition) is 1. The summed E-state index contributed by atoms with van der Waals surface area (Å²) in [6.07, 6.45) is 1.18. The van der Waals surface area contributed by atoms with Crippen LogP contribution in [-0.4, -0.2) is 42.6 Å². The van der Waals surface area contributed by atoms with E-state index in [9.17, 15) is 9.59 Å². The van der Waals surface area contributed by atoms with Gasteiger partial charge in [-0.15, -0.1) is 11.3 Å². The summed E-state index contributed by atoms with van der Waals surface area (Å²) in [4.78, 5) is 26.0. The maximum Gasteiger partial charge on any atom is 0.407 e. The summed E-state index contributed by atoms with van der Waals surface area (Å²) in [6, 6.07) is 3.83. The lowest BCUT2D eigenvalue weighted by Crippen LogP contribution is -2.46. The molecule has 1 aromatic heterocycles. The molecule has 2 heterocycles. The van der Waals surface area contributed by atoms with Crippen molar-refractivity contribution < 1.29 is 14.3 Å². The van der Waals surface area contributed by atoms with Crippen LogP contribution >= 0.6 is 11.3 Å². The normalized spacial score (nSPS) is 16.2. The highest BCUT2D eigenvalue weighted by molar-refractivity contribution is 7.12. The molecule has 0 radical (unpaired) electrons. The maximum absolute atomic E-state index is 12.1. The van der Waals surface area contributed by atoms with Crippen LogP contribution in [0.2, 0.25) is 0 Å². The minimum absolute atomic E-state index is 0.0876. The molecule has 0 saturated carbocycles. The first kappa shape index (κ1) is 13.9. The number of thiophene rings is 1. The van der Waals surface area contributed by atoms with Gasteiger partial charge in [0.05, 0.1) is 11.5 Å². The standard InChI is InChI=1S/C13H18N2O3S/c1-2-18-13(17)14-10-5-7-15(8-6-10)12(16)11-4-3-9-19-11/h3-4,9-10H,2,5-8H2,1H3,(H,14,17). The molecule has 0 bridgehead atoms. The summed E-state index contributed by atoms with van der Waals surface area (Å²) < 4.78 is 4.85. The zero-order valence-electron chi connectivity index (χ0n) is 10.9. The van der Waals surface area contributed by atoms with Gasteiger partial charge < -0.3 is 15.0 Å². The molecule has 0 aliphatic carbocycles. The Hall–Kier alpha value is -1.56. The number of carbonyl (C=O) groups is 2. The van der Waals surface area contributed by atoms with Crippen molar-refractivity contribution in [3.05, 3.63) is 22.4 Å². The quantitative estimate of drug-likeness (QED) is 0.923. The van der Waals surface area contributed by atoms with Crippen molar-refractivity contribution in [2.45, 2.75) is 25.8 Å². The molecule has 1 saturated heterocycles. The van der Waals surface area contributed by atoms with Gasteiger partial charge in [-0.2, -0.15) is 0 Å². The molecule has 1 aromatic rings. The Morgan fingerprint density at radius 1 is 1.47 bits per heavy atom. The zero-order chi connectivity index (χ0) is 13.7. The molecule has 19 heavy (non-hydrogen) atoms. The summed E-state index contributed by atoms with van der Waals surface area (Å²) in [7, 11) is 0. The average molecular weight is 282 g/mol. The van der Waals surface area contributed by atoms with Gasteiger partial charge in [-0.05, 0) is 31.2 Å². The SMILES string of the molecule is CCOC(=O)NC1CCN(C(=O)c2cccs2)CC1. The van der Waals surface area contributed by atoms with Crippen LogP contribution < -0.4 is 5.32 Å². The van der Waals surface area contributed by atoms with Gasteiger partial charge in [-0.1, -0.05) is 6.07 Å². The molecule has 1 aliphatic heterocycles. The van der Waals surface area contributed by atoms with Gasteiger partial charge in [0.15, 0.2) is 0 Å². The van der Waals surface area contributed by atoms with E-state index in [1.807, 2.05) is 22.4 Å². The molecule has 1 fully saturated rings. The molecule has 2 amide bonds. The van der Waals surface area contributed by atoms with E-state index >= 15 is 0 Å². The van der Waals surface area contributed by atoms with Crippen LogP contribution in [-0.2, 0) is 4.74 Å². The fourth-order valence-corrected chi connectivity index (χ4v) is 2.81. The van der Waals surface area contributed by atoms with E-state index in [0.29, 0.717) is 19.7 Å². The van der Waals surface area contributed by atoms with Crippen LogP contribution in [0.4, 0.5) is 4.79 Å². The van der Waals surface area contributed by atoms with Crippen LogP contribution in [0.5, 0.6) is 0 Å². The number of nitrogens with one attached hydrogen (secondary N) is 1. The van der Waals surface area contributed by atoms with Crippen LogP contribution in [0.15, 0.2) is 17.5 Å². The second-order valence-corrected chi connectivity index (χ2v) is 5.36. The number of piperidine rings is 1. The first-order valence-electron chi connectivity index (χ1n) is 6.46. The van der Waals surface area contributed by atoms with Gasteiger partial charge in [0.2, 0.25) is 0 Å². The number of amides is 2. The van der Waals surface area contributed by atoms with E-state index in [-0.39, 0.29) is 18.0 Å². The highest BCUT2D eigenvalue weighted by Crippen LogP contribution is 2.17. The van der Waals surface area contributed by atoms with Crippen LogP contribution in [0.25, 0.3) is 0 Å². The van der Waals surface area contributed by atoms with E-state index < -0.39 is 0 Å². The van der Waals surface area contributed by atoms with E-state index in [0.717, 1.165) is 17.7 Å². The van der Waals surface area contributed by atoms with E-state index in [1.54, 1.807) is 6.92 Å². The number of alkyl carbamates (subject to hydrolysis) is 1. The Balaban J connectivity index is 1.79. The lowest BCUT2D eigenvalue weighted by atomic mass is 10.1. The van der Waals surface area contributed by atoms with Crippen LogP contribution in [0.1, 0.15) is 29.4 Å². The van der Waals surface area contributed by atoms with Gasteiger partial charge >= 0.3 is 6.09 Å². The molecular formula is C13H18N2O3S. The third kappa shape index (κ3) is 3.70. The predicted octanol–water partition coefficient (Wildman–Crippen LogP) is 2.10. The van der Waals surface area contributed by atoms with Crippen LogP contribution in [0, 0.1) is 0 Å². The van der Waals surface area contributed by atoms with Gasteiger partial charge in [0.1, 0.15) is 0 Å². The molecule has 1 N–H and O–H groups in total. The van der Waals surface area contributed by atoms with Crippen LogP contribution in [0.3, 0.4) is 0 Å². The molecule has 0 spiro atoms. The van der Waals surface area contributed by atoms with Crippen molar-refractivity contribution in [2.75, 3.05) is 19.7 Å². The highest BCUT2D eigenvalue weighted by Gasteiger charge is 2.25. The van der Waals surface area contributed by atoms with Crippen molar-refractivity contribution in [1.82, 2.24) is 10.2 Å². The van der Waals surface area contributed by atoms with Gasteiger partial charge in [0, 0.05) is 19.1 Å². The predicted molar refractivity (Wildman–Crippen MR) is 73.4 cm³/mol. The number of carbonyl (C=O) groups excluding carboxylic acids is 2. The third-order valence-corrected chi connectivity index (χ3v) is 3.97. The first-order chi connectivity index (χ1) is 9.20. The number of ether oxygens (including phenoxy) is 1. The molecule has 0 unspecified atom stereocenters. The van der Waals surface area contributed by atoms with Gasteiger partial charge in [-0.25, -0.2) is 4.79 Å². The number of rotatable bonds is 3. The Bertz CT molecular complexity index is 425. The molecule has 0 atom stereocenters. The minimum Gasteiger partial charge on any atom is -0.450 e. The van der Waals surface area contributed by atoms with E-state index in [1.165, 1.54) is 11.3 Å². The van der Waals surface area contributed by atoms with E-state index in [2.05, 4.69) is 5.32 Å². The second-order valence-electron chi connectivity index (χ2n) is 4.41. The smallest absolute Gasteiger partial charge is 0.407 e. The maximum atomic E-state index is 12.1. The zero-order valence-corrected chi connectivity index (χ0v) is 11.7. The minimum atomic E-state index is -0.370. The fraction of sp³-hybridized carbons (Fsp3) is 0.538. The molecule has 1 aliphatic rings. The molecular weight excluding hydrogens is 264 g/mol. The first-order valence-corrected chi connectivity index (χ1v) is 7.34. The summed E-state index contributed by atoms with van der Waals surface area (Å²) >= 11 is 1.46. The summed E-state index contributed by atoms with van der Waals surface area (Å²) in [5, 5.41) is 4.72. The lowest BCUT2D eigenvalue weighted by Gasteiger charge is -2.31. The molecule has 0 aromatic carbocycles. The summed E-state index contributed by atoms with van der Waals surface area (Å²) in [6.45, 7) is 3.50. The van der Waals surface area contributed by atoms with Crippen molar-refractivity contribution in [2.24, 2.45) is 0 Å². The molecule has 5 nitrogen and oxygen atoms in total. The van der Waals surface area contributed by atoms with Crippen molar-refractivity contribution in [3.63, 3.8) is 0 Å². The monoisotopic (exact) mass is 282 g/mol. The number of nitrogens with zero attached hydrogens (tertiary/aromatic N) is 1. The molecule has 104 valence electrons. The van der Waals surface area contributed by atoms with Crippen molar-refractivity contribution in [1.29, 1.82) is 0 Å². The van der Waals surface area contributed by atoms with E-state index in [4.69, 9.17) is 4.74 Å². The number of likely N-dealkylation sites (tertiary alicyclic amines) is 1.